The molecule has 3 nitrogen and oxygen atoms in total. The van der Waals surface area contributed by atoms with E-state index >= 15 is 0 Å². The van der Waals surface area contributed by atoms with Crippen LogP contribution < -0.4 is 4.74 Å². The monoisotopic (exact) mass is 270 g/mol. The molecule has 0 radical (unpaired) electrons. The molecule has 0 unspecified atom stereocenters. The lowest BCUT2D eigenvalue weighted by Crippen LogP contribution is -2.02. The highest BCUT2D eigenvalue weighted by atomic mass is 32.2. The maximum atomic E-state index is 12.6. The summed E-state index contributed by atoms with van der Waals surface area (Å²) in [5.41, 5.74) is 0. The summed E-state index contributed by atoms with van der Waals surface area (Å²) in [5.74, 6) is 1.45. The summed E-state index contributed by atoms with van der Waals surface area (Å²) in [7, 11) is 1.58. The Morgan fingerprint density at radius 3 is 2.89 bits per heavy atom. The van der Waals surface area contributed by atoms with Gasteiger partial charge in [-0.05, 0) is 12.1 Å². The lowest BCUT2D eigenvalue weighted by Gasteiger charge is -2.08. The fourth-order valence-electron chi connectivity index (χ4n) is 1.51. The van der Waals surface area contributed by atoms with E-state index < -0.39 is 6.55 Å². The molecule has 1 heterocycles. The van der Waals surface area contributed by atoms with Crippen molar-refractivity contribution in [3.05, 3.63) is 42.5 Å². The fourth-order valence-corrected chi connectivity index (χ4v) is 2.49. The van der Waals surface area contributed by atoms with E-state index in [1.807, 2.05) is 24.3 Å². The SMILES string of the molecule is COc1ccccc1SCc1nccn1C(F)F. The number of hydrogen-bond acceptors (Lipinski definition) is 3. The first-order valence-electron chi connectivity index (χ1n) is 5.28. The second-order valence-electron chi connectivity index (χ2n) is 3.47. The molecule has 0 atom stereocenters. The highest BCUT2D eigenvalue weighted by Gasteiger charge is 2.12. The standard InChI is InChI=1S/C12H12F2N2OS/c1-17-9-4-2-3-5-10(9)18-8-11-15-6-7-16(11)12(13)14/h2-7,12H,8H2,1H3. The van der Waals surface area contributed by atoms with Gasteiger partial charge in [0.2, 0.25) is 0 Å². The van der Waals surface area contributed by atoms with E-state index in [1.165, 1.54) is 24.2 Å². The molecule has 0 fully saturated rings. The molecule has 0 saturated carbocycles. The number of imidazole rings is 1. The van der Waals surface area contributed by atoms with Crippen molar-refractivity contribution in [2.75, 3.05) is 7.11 Å². The zero-order valence-electron chi connectivity index (χ0n) is 9.72. The van der Waals surface area contributed by atoms with Gasteiger partial charge in [0.15, 0.2) is 0 Å². The molecule has 0 N–H and O–H groups in total. The number of alkyl halides is 2. The van der Waals surface area contributed by atoms with Crippen LogP contribution in [0, 0.1) is 0 Å². The van der Waals surface area contributed by atoms with E-state index in [9.17, 15) is 8.78 Å². The minimum atomic E-state index is -2.55. The first kappa shape index (κ1) is 12.9. The summed E-state index contributed by atoms with van der Waals surface area (Å²) in [4.78, 5) is 4.84. The van der Waals surface area contributed by atoms with Gasteiger partial charge in [-0.15, -0.1) is 11.8 Å². The topological polar surface area (TPSA) is 27.1 Å². The van der Waals surface area contributed by atoms with Gasteiger partial charge in [0.05, 0.1) is 12.9 Å². The quantitative estimate of drug-likeness (QED) is 0.777. The Bertz CT molecular complexity index is 516. The van der Waals surface area contributed by atoms with Gasteiger partial charge in [-0.3, -0.25) is 4.57 Å². The summed E-state index contributed by atoms with van der Waals surface area (Å²) in [5, 5.41) is 0. The van der Waals surface area contributed by atoms with Crippen LogP contribution in [0.3, 0.4) is 0 Å². The number of rotatable bonds is 5. The molecule has 0 amide bonds. The molecular weight excluding hydrogens is 258 g/mol. The van der Waals surface area contributed by atoms with Crippen molar-refractivity contribution >= 4 is 11.8 Å². The number of ether oxygens (including phenoxy) is 1. The predicted molar refractivity (Wildman–Crippen MR) is 66.0 cm³/mol. The van der Waals surface area contributed by atoms with Crippen LogP contribution in [0.15, 0.2) is 41.6 Å². The maximum absolute atomic E-state index is 12.6. The summed E-state index contributed by atoms with van der Waals surface area (Å²) < 4.78 is 31.3. The zero-order chi connectivity index (χ0) is 13.0. The summed E-state index contributed by atoms with van der Waals surface area (Å²) in [6, 6.07) is 7.47. The van der Waals surface area contributed by atoms with E-state index in [0.29, 0.717) is 11.6 Å². The van der Waals surface area contributed by atoms with E-state index in [2.05, 4.69) is 4.98 Å². The number of hydrogen-bond donors (Lipinski definition) is 0. The number of thioether (sulfide) groups is 1. The van der Waals surface area contributed by atoms with Crippen LogP contribution in [-0.2, 0) is 5.75 Å². The largest absolute Gasteiger partial charge is 0.496 e. The summed E-state index contributed by atoms with van der Waals surface area (Å²) in [6.45, 7) is -2.55. The third kappa shape index (κ3) is 2.81. The Kier molecular flexibility index (Phi) is 4.19. The molecule has 1 aromatic heterocycles. The van der Waals surface area contributed by atoms with Gasteiger partial charge in [-0.1, -0.05) is 12.1 Å². The van der Waals surface area contributed by atoms with Crippen LogP contribution in [0.5, 0.6) is 5.75 Å². The highest BCUT2D eigenvalue weighted by molar-refractivity contribution is 7.98. The first-order chi connectivity index (χ1) is 8.72. The molecule has 2 rings (SSSR count). The summed E-state index contributed by atoms with van der Waals surface area (Å²) >= 11 is 1.42. The van der Waals surface area contributed by atoms with E-state index in [4.69, 9.17) is 4.74 Å². The molecule has 0 spiro atoms. The number of aromatic nitrogens is 2. The Balaban J connectivity index is 2.09. The Labute approximate surface area is 108 Å². The Hall–Kier alpha value is -1.56. The van der Waals surface area contributed by atoms with Crippen LogP contribution in [-0.4, -0.2) is 16.7 Å². The van der Waals surface area contributed by atoms with Crippen LogP contribution >= 0.6 is 11.8 Å². The van der Waals surface area contributed by atoms with Gasteiger partial charge in [0.25, 0.3) is 0 Å². The minimum absolute atomic E-state index is 0.348. The second kappa shape index (κ2) is 5.86. The number of benzene rings is 1. The predicted octanol–water partition coefficient (Wildman–Crippen LogP) is 3.58. The van der Waals surface area contributed by atoms with Crippen LogP contribution in [0.25, 0.3) is 0 Å². The molecule has 0 aliphatic carbocycles. The molecule has 1 aromatic carbocycles. The van der Waals surface area contributed by atoms with Gasteiger partial charge < -0.3 is 4.74 Å². The highest BCUT2D eigenvalue weighted by Crippen LogP contribution is 2.31. The molecule has 2 aromatic rings. The van der Waals surface area contributed by atoms with Crippen molar-refractivity contribution in [2.24, 2.45) is 0 Å². The fraction of sp³-hybridized carbons (Fsp3) is 0.250. The third-order valence-corrected chi connectivity index (χ3v) is 3.44. The normalized spacial score (nSPS) is 10.9. The number of nitrogens with zero attached hydrogens (tertiary/aromatic N) is 2. The van der Waals surface area contributed by atoms with Crippen molar-refractivity contribution in [3.63, 3.8) is 0 Å². The molecule has 6 heteroatoms. The third-order valence-electron chi connectivity index (χ3n) is 2.38. The smallest absolute Gasteiger partial charge is 0.319 e. The van der Waals surface area contributed by atoms with Crippen molar-refractivity contribution in [1.82, 2.24) is 9.55 Å². The van der Waals surface area contributed by atoms with Crippen molar-refractivity contribution in [3.8, 4) is 5.75 Å². The van der Waals surface area contributed by atoms with E-state index in [-0.39, 0.29) is 0 Å². The van der Waals surface area contributed by atoms with Gasteiger partial charge in [0.1, 0.15) is 11.6 Å². The molecule has 96 valence electrons. The molecule has 0 saturated heterocycles. The zero-order valence-corrected chi connectivity index (χ0v) is 10.5. The number of para-hydroxylation sites is 1. The molecule has 0 aliphatic heterocycles. The number of halogens is 2. The van der Waals surface area contributed by atoms with Gasteiger partial charge in [-0.2, -0.15) is 8.78 Å². The van der Waals surface area contributed by atoms with E-state index in [1.54, 1.807) is 7.11 Å². The lowest BCUT2D eigenvalue weighted by molar-refractivity contribution is 0.0678. The molecule has 0 aliphatic rings. The van der Waals surface area contributed by atoms with Gasteiger partial charge in [-0.25, -0.2) is 4.98 Å². The van der Waals surface area contributed by atoms with Crippen molar-refractivity contribution in [1.29, 1.82) is 0 Å². The van der Waals surface area contributed by atoms with Crippen LogP contribution in [0.2, 0.25) is 0 Å². The molecule has 0 bridgehead atoms. The van der Waals surface area contributed by atoms with Crippen molar-refractivity contribution in [2.45, 2.75) is 17.2 Å². The maximum Gasteiger partial charge on any atom is 0.319 e. The average molecular weight is 270 g/mol. The Morgan fingerprint density at radius 2 is 2.17 bits per heavy atom. The van der Waals surface area contributed by atoms with Gasteiger partial charge >= 0.3 is 6.55 Å². The lowest BCUT2D eigenvalue weighted by atomic mass is 10.3. The van der Waals surface area contributed by atoms with Crippen LogP contribution in [0.1, 0.15) is 12.4 Å². The average Bonchev–Trinajstić information content (AvgIpc) is 2.85. The van der Waals surface area contributed by atoms with Crippen LogP contribution in [0.4, 0.5) is 8.78 Å². The van der Waals surface area contributed by atoms with Crippen molar-refractivity contribution < 1.29 is 13.5 Å². The Morgan fingerprint density at radius 1 is 1.39 bits per heavy atom. The number of methoxy groups -OCH3 is 1. The molecular formula is C12H12F2N2OS. The van der Waals surface area contributed by atoms with Gasteiger partial charge in [0, 0.05) is 17.3 Å². The second-order valence-corrected chi connectivity index (χ2v) is 4.49. The first-order valence-corrected chi connectivity index (χ1v) is 6.26. The minimum Gasteiger partial charge on any atom is -0.496 e. The van der Waals surface area contributed by atoms with E-state index in [0.717, 1.165) is 15.2 Å². The summed E-state index contributed by atoms with van der Waals surface area (Å²) in [6.07, 6.45) is 2.66. The molecule has 18 heavy (non-hydrogen) atoms.